The maximum Gasteiger partial charge on any atom is 0.252 e. The van der Waals surface area contributed by atoms with Gasteiger partial charge in [0.25, 0.3) is 5.91 Å². The molecule has 6 heteroatoms. The second kappa shape index (κ2) is 7.95. The molecule has 1 unspecified atom stereocenters. The lowest BCUT2D eigenvalue weighted by molar-refractivity contribution is -0.146. The molecule has 1 aromatic rings. The van der Waals surface area contributed by atoms with E-state index in [1.807, 2.05) is 11.8 Å². The largest absolute Gasteiger partial charge is 0.375 e. The van der Waals surface area contributed by atoms with Crippen molar-refractivity contribution in [1.82, 2.24) is 15.2 Å². The molecule has 0 bridgehead atoms. The van der Waals surface area contributed by atoms with Crippen molar-refractivity contribution >= 4 is 11.8 Å². The van der Waals surface area contributed by atoms with E-state index < -0.39 is 0 Å². The Morgan fingerprint density at radius 1 is 1.40 bits per heavy atom. The van der Waals surface area contributed by atoms with Gasteiger partial charge in [-0.1, -0.05) is 6.92 Å². The number of amides is 2. The first-order valence-electron chi connectivity index (χ1n) is 9.22. The normalized spacial score (nSPS) is 22.6. The van der Waals surface area contributed by atoms with Crippen LogP contribution in [-0.2, 0) is 9.53 Å². The maximum atomic E-state index is 12.2. The van der Waals surface area contributed by atoms with Gasteiger partial charge in [-0.3, -0.25) is 14.6 Å². The summed E-state index contributed by atoms with van der Waals surface area (Å²) in [5, 5.41) is 3.03. The van der Waals surface area contributed by atoms with Crippen LogP contribution >= 0.6 is 0 Å². The maximum absolute atomic E-state index is 12.2. The fourth-order valence-corrected chi connectivity index (χ4v) is 3.88. The van der Waals surface area contributed by atoms with Crippen LogP contribution in [-0.4, -0.2) is 53.5 Å². The standard InChI is InChI=1S/C19H27N3O3/c1-2-17(23)22-9-6-19(7-10-22)12-15(5-11-25-19)13-21-18(24)16-4-3-8-20-14-16/h3-4,8,14-15H,2,5-7,9-13H2,1H3,(H,21,24). The molecule has 0 aliphatic carbocycles. The molecule has 2 amide bonds. The molecule has 3 rings (SSSR count). The fraction of sp³-hybridized carbons (Fsp3) is 0.632. The molecule has 1 atom stereocenters. The van der Waals surface area contributed by atoms with Crippen LogP contribution in [0.15, 0.2) is 24.5 Å². The number of hydrogen-bond donors (Lipinski definition) is 1. The van der Waals surface area contributed by atoms with E-state index in [9.17, 15) is 9.59 Å². The average molecular weight is 345 g/mol. The minimum absolute atomic E-state index is 0.0722. The fourth-order valence-electron chi connectivity index (χ4n) is 3.88. The van der Waals surface area contributed by atoms with Crippen LogP contribution in [0.5, 0.6) is 0 Å². The molecule has 136 valence electrons. The van der Waals surface area contributed by atoms with Gasteiger partial charge in [-0.05, 0) is 43.7 Å². The van der Waals surface area contributed by atoms with Crippen molar-refractivity contribution in [2.75, 3.05) is 26.2 Å². The van der Waals surface area contributed by atoms with Crippen molar-refractivity contribution in [3.8, 4) is 0 Å². The van der Waals surface area contributed by atoms with E-state index in [1.165, 1.54) is 0 Å². The molecule has 2 fully saturated rings. The highest BCUT2D eigenvalue weighted by Gasteiger charge is 2.40. The first kappa shape index (κ1) is 17.9. The molecular formula is C19H27N3O3. The van der Waals surface area contributed by atoms with Crippen molar-refractivity contribution in [1.29, 1.82) is 0 Å². The van der Waals surface area contributed by atoms with E-state index in [4.69, 9.17) is 4.74 Å². The number of likely N-dealkylation sites (tertiary alicyclic amines) is 1. The van der Waals surface area contributed by atoms with Crippen molar-refractivity contribution < 1.29 is 14.3 Å². The highest BCUT2D eigenvalue weighted by atomic mass is 16.5. The average Bonchev–Trinajstić information content (AvgIpc) is 2.67. The lowest BCUT2D eigenvalue weighted by atomic mass is 9.79. The zero-order valence-corrected chi connectivity index (χ0v) is 14.9. The Bertz CT molecular complexity index is 597. The van der Waals surface area contributed by atoms with E-state index in [0.29, 0.717) is 24.4 Å². The Balaban J connectivity index is 1.50. The molecule has 25 heavy (non-hydrogen) atoms. The van der Waals surface area contributed by atoms with Gasteiger partial charge in [0.15, 0.2) is 0 Å². The van der Waals surface area contributed by atoms with E-state index in [-0.39, 0.29) is 17.4 Å². The summed E-state index contributed by atoms with van der Waals surface area (Å²) in [4.78, 5) is 30.0. The first-order chi connectivity index (χ1) is 12.1. The number of hydrogen-bond acceptors (Lipinski definition) is 4. The monoisotopic (exact) mass is 345 g/mol. The van der Waals surface area contributed by atoms with Crippen LogP contribution in [0.1, 0.15) is 49.4 Å². The van der Waals surface area contributed by atoms with Crippen molar-refractivity contribution in [2.24, 2.45) is 5.92 Å². The van der Waals surface area contributed by atoms with Crippen LogP contribution in [0.2, 0.25) is 0 Å². The van der Waals surface area contributed by atoms with Crippen LogP contribution < -0.4 is 5.32 Å². The third kappa shape index (κ3) is 4.37. The van der Waals surface area contributed by atoms with Crippen molar-refractivity contribution in [3.63, 3.8) is 0 Å². The van der Waals surface area contributed by atoms with Gasteiger partial charge in [0, 0.05) is 45.1 Å². The molecule has 1 aromatic heterocycles. The van der Waals surface area contributed by atoms with Gasteiger partial charge in [0.1, 0.15) is 0 Å². The Morgan fingerprint density at radius 2 is 2.20 bits per heavy atom. The van der Waals surface area contributed by atoms with Gasteiger partial charge in [0.2, 0.25) is 5.91 Å². The molecule has 1 N–H and O–H groups in total. The third-order valence-corrected chi connectivity index (χ3v) is 5.40. The molecule has 2 aliphatic heterocycles. The number of nitrogens with zero attached hydrogens (tertiary/aromatic N) is 2. The van der Waals surface area contributed by atoms with Crippen LogP contribution in [0.25, 0.3) is 0 Å². The Morgan fingerprint density at radius 3 is 2.88 bits per heavy atom. The van der Waals surface area contributed by atoms with Gasteiger partial charge in [-0.15, -0.1) is 0 Å². The highest BCUT2D eigenvalue weighted by molar-refractivity contribution is 5.93. The van der Waals surface area contributed by atoms with Gasteiger partial charge in [0.05, 0.1) is 11.2 Å². The summed E-state index contributed by atoms with van der Waals surface area (Å²) in [6.45, 7) is 4.86. The molecular weight excluding hydrogens is 318 g/mol. The van der Waals surface area contributed by atoms with Crippen LogP contribution in [0.4, 0.5) is 0 Å². The molecule has 0 radical (unpaired) electrons. The third-order valence-electron chi connectivity index (χ3n) is 5.40. The molecule has 2 aliphatic rings. The highest BCUT2D eigenvalue weighted by Crippen LogP contribution is 2.37. The summed E-state index contributed by atoms with van der Waals surface area (Å²) < 4.78 is 6.13. The summed E-state index contributed by atoms with van der Waals surface area (Å²) >= 11 is 0. The number of carbonyl (C=O) groups is 2. The number of rotatable bonds is 4. The number of nitrogens with one attached hydrogen (secondary N) is 1. The van der Waals surface area contributed by atoms with E-state index in [1.54, 1.807) is 24.5 Å². The predicted octanol–water partition coefficient (Wildman–Crippen LogP) is 2.01. The molecule has 1 spiro atoms. The summed E-state index contributed by atoms with van der Waals surface area (Å²) in [6.07, 6.45) is 7.52. The van der Waals surface area contributed by atoms with Crippen molar-refractivity contribution in [3.05, 3.63) is 30.1 Å². The number of ether oxygens (including phenoxy) is 1. The van der Waals surface area contributed by atoms with E-state index in [2.05, 4.69) is 10.3 Å². The zero-order chi connectivity index (χ0) is 17.7. The second-order valence-electron chi connectivity index (χ2n) is 7.08. The predicted molar refractivity (Wildman–Crippen MR) is 94.1 cm³/mol. The quantitative estimate of drug-likeness (QED) is 0.906. The Kier molecular flexibility index (Phi) is 5.68. The van der Waals surface area contributed by atoms with Gasteiger partial charge in [-0.25, -0.2) is 0 Å². The van der Waals surface area contributed by atoms with Gasteiger partial charge >= 0.3 is 0 Å². The summed E-state index contributed by atoms with van der Waals surface area (Å²) in [7, 11) is 0. The second-order valence-corrected chi connectivity index (χ2v) is 7.08. The van der Waals surface area contributed by atoms with Gasteiger partial charge < -0.3 is 15.0 Å². The summed E-state index contributed by atoms with van der Waals surface area (Å²) in [5.74, 6) is 0.575. The molecule has 0 saturated carbocycles. The molecule has 3 heterocycles. The number of aromatic nitrogens is 1. The zero-order valence-electron chi connectivity index (χ0n) is 14.9. The van der Waals surface area contributed by atoms with Gasteiger partial charge in [-0.2, -0.15) is 0 Å². The Labute approximate surface area is 148 Å². The van der Waals surface area contributed by atoms with Crippen molar-refractivity contribution in [2.45, 2.75) is 44.6 Å². The van der Waals surface area contributed by atoms with Crippen LogP contribution in [0, 0.1) is 5.92 Å². The number of carbonyl (C=O) groups excluding carboxylic acids is 2. The Hall–Kier alpha value is -1.95. The number of pyridine rings is 1. The SMILES string of the molecule is CCC(=O)N1CCC2(CC1)CC(CNC(=O)c1cccnc1)CCO2. The molecule has 0 aromatic carbocycles. The lowest BCUT2D eigenvalue weighted by Crippen LogP contribution is -2.51. The lowest BCUT2D eigenvalue weighted by Gasteiger charge is -2.46. The topological polar surface area (TPSA) is 71.5 Å². The summed E-state index contributed by atoms with van der Waals surface area (Å²) in [5.41, 5.74) is 0.475. The molecule has 2 saturated heterocycles. The van der Waals surface area contributed by atoms with E-state index >= 15 is 0 Å². The minimum Gasteiger partial charge on any atom is -0.375 e. The smallest absolute Gasteiger partial charge is 0.252 e. The molecule has 6 nitrogen and oxygen atoms in total. The summed E-state index contributed by atoms with van der Waals surface area (Å²) in [6, 6.07) is 3.54. The number of piperidine rings is 1. The first-order valence-corrected chi connectivity index (χ1v) is 9.22. The van der Waals surface area contributed by atoms with E-state index in [0.717, 1.165) is 45.4 Å². The minimum atomic E-state index is -0.119. The van der Waals surface area contributed by atoms with Crippen LogP contribution in [0.3, 0.4) is 0 Å².